The molecule has 0 saturated heterocycles. The summed E-state index contributed by atoms with van der Waals surface area (Å²) in [6.07, 6.45) is 12.9. The molecule has 0 aliphatic rings. The monoisotopic (exact) mass is 384 g/mol. The first-order valence-electron chi connectivity index (χ1n) is 7.92. The predicted octanol–water partition coefficient (Wildman–Crippen LogP) is 5.78. The van der Waals surface area contributed by atoms with Crippen molar-refractivity contribution < 1.29 is 0 Å². The summed E-state index contributed by atoms with van der Waals surface area (Å²) in [6.45, 7) is 3.33. The number of aryl methyl sites for hydroxylation is 1. The first-order valence-corrected chi connectivity index (χ1v) is 9.00. The maximum absolute atomic E-state index is 4.51. The zero-order chi connectivity index (χ0) is 14.2. The Morgan fingerprint density at radius 1 is 1.00 bits per heavy atom. The summed E-state index contributed by atoms with van der Waals surface area (Å²) in [4.78, 5) is 0. The zero-order valence-corrected chi connectivity index (χ0v) is 14.6. The van der Waals surface area contributed by atoms with Crippen LogP contribution in [0.1, 0.15) is 58.3 Å². The second-order valence-corrected chi connectivity index (χ2v) is 6.79. The minimum Gasteiger partial charge on any atom is -0.265 e. The SMILES string of the molecule is CCCCCCCCCCn1ncc2ccc(I)cc21. The molecule has 0 radical (unpaired) electrons. The molecular formula is C17H25IN2. The van der Waals surface area contributed by atoms with E-state index in [0.29, 0.717) is 0 Å². The molecule has 2 nitrogen and oxygen atoms in total. The Bertz CT molecular complexity index is 519. The molecule has 1 aromatic carbocycles. The van der Waals surface area contributed by atoms with Crippen molar-refractivity contribution in [3.8, 4) is 0 Å². The van der Waals surface area contributed by atoms with Gasteiger partial charge >= 0.3 is 0 Å². The smallest absolute Gasteiger partial charge is 0.0692 e. The van der Waals surface area contributed by atoms with Gasteiger partial charge in [0.15, 0.2) is 0 Å². The maximum Gasteiger partial charge on any atom is 0.0692 e. The van der Waals surface area contributed by atoms with Gasteiger partial charge in [0.05, 0.1) is 11.7 Å². The van der Waals surface area contributed by atoms with Gasteiger partial charge < -0.3 is 0 Å². The molecule has 0 atom stereocenters. The fourth-order valence-corrected chi connectivity index (χ4v) is 3.09. The summed E-state index contributed by atoms with van der Waals surface area (Å²) in [6, 6.07) is 6.53. The Balaban J connectivity index is 1.69. The molecule has 0 saturated carbocycles. The molecule has 1 heterocycles. The summed E-state index contributed by atoms with van der Waals surface area (Å²) < 4.78 is 3.45. The van der Waals surface area contributed by atoms with Crippen molar-refractivity contribution in [1.29, 1.82) is 0 Å². The molecule has 2 rings (SSSR count). The van der Waals surface area contributed by atoms with E-state index in [1.807, 2.05) is 6.20 Å². The molecule has 1 aromatic heterocycles. The van der Waals surface area contributed by atoms with Crippen LogP contribution in [0.4, 0.5) is 0 Å². The Hall–Kier alpha value is -0.580. The molecule has 0 aliphatic carbocycles. The van der Waals surface area contributed by atoms with E-state index in [1.165, 1.54) is 65.8 Å². The largest absolute Gasteiger partial charge is 0.265 e. The number of aromatic nitrogens is 2. The van der Waals surface area contributed by atoms with Gasteiger partial charge in [0.1, 0.15) is 0 Å². The predicted molar refractivity (Wildman–Crippen MR) is 95.1 cm³/mol. The van der Waals surface area contributed by atoms with Crippen LogP contribution in [0.5, 0.6) is 0 Å². The van der Waals surface area contributed by atoms with Crippen molar-refractivity contribution in [2.24, 2.45) is 0 Å². The third kappa shape index (κ3) is 4.76. The Kier molecular flexibility index (Phi) is 6.83. The topological polar surface area (TPSA) is 17.8 Å². The van der Waals surface area contributed by atoms with Crippen LogP contribution < -0.4 is 0 Å². The number of hydrogen-bond acceptors (Lipinski definition) is 1. The van der Waals surface area contributed by atoms with Gasteiger partial charge in [-0.2, -0.15) is 5.10 Å². The van der Waals surface area contributed by atoms with Crippen molar-refractivity contribution >= 4 is 33.5 Å². The number of benzene rings is 1. The highest BCUT2D eigenvalue weighted by Gasteiger charge is 2.02. The molecule has 0 bridgehead atoms. The van der Waals surface area contributed by atoms with Crippen molar-refractivity contribution in [3.05, 3.63) is 28.0 Å². The van der Waals surface area contributed by atoms with Crippen LogP contribution >= 0.6 is 22.6 Å². The van der Waals surface area contributed by atoms with Crippen molar-refractivity contribution in [2.75, 3.05) is 0 Å². The number of nitrogens with zero attached hydrogens (tertiary/aromatic N) is 2. The molecule has 0 spiro atoms. The van der Waals surface area contributed by atoms with Crippen LogP contribution in [0.25, 0.3) is 10.9 Å². The van der Waals surface area contributed by atoms with Crippen LogP contribution in [-0.2, 0) is 6.54 Å². The Morgan fingerprint density at radius 2 is 1.70 bits per heavy atom. The van der Waals surface area contributed by atoms with E-state index >= 15 is 0 Å². The van der Waals surface area contributed by atoms with E-state index in [2.05, 4.69) is 57.5 Å². The van der Waals surface area contributed by atoms with Crippen molar-refractivity contribution in [1.82, 2.24) is 9.78 Å². The minimum atomic E-state index is 1.05. The van der Waals surface area contributed by atoms with Crippen LogP contribution in [0.15, 0.2) is 24.4 Å². The summed E-state index contributed by atoms with van der Waals surface area (Å²) in [5.41, 5.74) is 1.28. The fraction of sp³-hybridized carbons (Fsp3) is 0.588. The molecule has 0 N–H and O–H groups in total. The van der Waals surface area contributed by atoms with Crippen LogP contribution in [-0.4, -0.2) is 9.78 Å². The highest BCUT2D eigenvalue weighted by atomic mass is 127. The van der Waals surface area contributed by atoms with E-state index in [9.17, 15) is 0 Å². The fourth-order valence-electron chi connectivity index (χ4n) is 2.62. The van der Waals surface area contributed by atoms with Gasteiger partial charge in [-0.25, -0.2) is 0 Å². The number of hydrogen-bond donors (Lipinski definition) is 0. The van der Waals surface area contributed by atoms with Gasteiger partial charge in [0, 0.05) is 15.5 Å². The Labute approximate surface area is 136 Å². The van der Waals surface area contributed by atoms with Crippen molar-refractivity contribution in [3.63, 3.8) is 0 Å². The van der Waals surface area contributed by atoms with Gasteiger partial charge in [-0.05, 0) is 41.1 Å². The lowest BCUT2D eigenvalue weighted by atomic mass is 10.1. The van der Waals surface area contributed by atoms with E-state index in [4.69, 9.17) is 0 Å². The maximum atomic E-state index is 4.51. The number of halogens is 1. The number of rotatable bonds is 9. The minimum absolute atomic E-state index is 1.05. The molecule has 110 valence electrons. The molecular weight excluding hydrogens is 359 g/mol. The Morgan fingerprint density at radius 3 is 2.45 bits per heavy atom. The average Bonchev–Trinajstić information content (AvgIpc) is 2.84. The van der Waals surface area contributed by atoms with Gasteiger partial charge in [-0.1, -0.05) is 57.9 Å². The molecule has 0 fully saturated rings. The summed E-state index contributed by atoms with van der Waals surface area (Å²) in [5.74, 6) is 0. The van der Waals surface area contributed by atoms with Crippen LogP contribution in [0, 0.1) is 3.57 Å². The number of unbranched alkanes of at least 4 members (excludes halogenated alkanes) is 7. The van der Waals surface area contributed by atoms with Crippen LogP contribution in [0.2, 0.25) is 0 Å². The second-order valence-electron chi connectivity index (χ2n) is 5.55. The molecule has 0 aliphatic heterocycles. The van der Waals surface area contributed by atoms with E-state index in [1.54, 1.807) is 0 Å². The van der Waals surface area contributed by atoms with E-state index < -0.39 is 0 Å². The lowest BCUT2D eigenvalue weighted by Crippen LogP contribution is -1.99. The molecule has 20 heavy (non-hydrogen) atoms. The lowest BCUT2D eigenvalue weighted by Gasteiger charge is -2.04. The highest BCUT2D eigenvalue weighted by molar-refractivity contribution is 14.1. The quantitative estimate of drug-likeness (QED) is 0.396. The molecule has 0 unspecified atom stereocenters. The van der Waals surface area contributed by atoms with Gasteiger partial charge in [0.2, 0.25) is 0 Å². The number of fused-ring (bicyclic) bond motifs is 1. The molecule has 3 heteroatoms. The third-order valence-corrected chi connectivity index (χ3v) is 4.50. The van der Waals surface area contributed by atoms with E-state index in [0.717, 1.165) is 6.54 Å². The van der Waals surface area contributed by atoms with Gasteiger partial charge in [-0.3, -0.25) is 4.68 Å². The highest BCUT2D eigenvalue weighted by Crippen LogP contribution is 2.18. The van der Waals surface area contributed by atoms with Crippen LogP contribution in [0.3, 0.4) is 0 Å². The van der Waals surface area contributed by atoms with Crippen molar-refractivity contribution in [2.45, 2.75) is 64.8 Å². The average molecular weight is 384 g/mol. The second kappa shape index (κ2) is 8.65. The lowest BCUT2D eigenvalue weighted by molar-refractivity contribution is 0.528. The summed E-state index contributed by atoms with van der Waals surface area (Å²) in [7, 11) is 0. The van der Waals surface area contributed by atoms with Gasteiger partial charge in [0.25, 0.3) is 0 Å². The van der Waals surface area contributed by atoms with Gasteiger partial charge in [-0.15, -0.1) is 0 Å². The first kappa shape index (κ1) is 15.8. The molecule has 0 amide bonds. The first-order chi connectivity index (χ1) is 9.81. The summed E-state index contributed by atoms with van der Waals surface area (Å²) >= 11 is 2.37. The standard InChI is InChI=1S/C17H25IN2/c1-2-3-4-5-6-7-8-9-12-20-17-13-16(18)11-10-15(17)14-19-20/h10-11,13-14H,2-9,12H2,1H3. The normalized spacial score (nSPS) is 11.3. The zero-order valence-electron chi connectivity index (χ0n) is 12.4. The third-order valence-electron chi connectivity index (χ3n) is 3.83. The van der Waals surface area contributed by atoms with E-state index in [-0.39, 0.29) is 0 Å². The summed E-state index contributed by atoms with van der Waals surface area (Å²) in [5, 5.41) is 5.76. The molecule has 2 aromatic rings.